The van der Waals surface area contributed by atoms with Gasteiger partial charge in [0.15, 0.2) is 0 Å². The number of hydrogen-bond donors (Lipinski definition) is 2. The first kappa shape index (κ1) is 15.1. The number of hydrogen-bond acceptors (Lipinski definition) is 3. The molecule has 2 aliphatic carbocycles. The summed E-state index contributed by atoms with van der Waals surface area (Å²) >= 11 is 0. The molecule has 2 aliphatic rings. The van der Waals surface area contributed by atoms with Crippen molar-refractivity contribution in [3.05, 3.63) is 35.9 Å². The van der Waals surface area contributed by atoms with Crippen LogP contribution in [0.5, 0.6) is 5.75 Å². The summed E-state index contributed by atoms with van der Waals surface area (Å²) in [5.74, 6) is 0.734. The van der Waals surface area contributed by atoms with Crippen molar-refractivity contribution in [3.8, 4) is 5.75 Å². The van der Waals surface area contributed by atoms with Gasteiger partial charge in [0.1, 0.15) is 11.9 Å². The molecule has 2 N–H and O–H groups in total. The molecular weight excluding hydrogens is 278 g/mol. The second-order valence-corrected chi connectivity index (χ2v) is 6.11. The fraction of sp³-hybridized carbons (Fsp3) is 0.500. The van der Waals surface area contributed by atoms with E-state index in [-0.39, 0.29) is 18.1 Å². The number of anilines is 1. The summed E-state index contributed by atoms with van der Waals surface area (Å²) in [6.45, 7) is 0. The first-order valence-electron chi connectivity index (χ1n) is 8.17. The van der Waals surface area contributed by atoms with E-state index in [1.807, 2.05) is 30.3 Å². The zero-order valence-electron chi connectivity index (χ0n) is 12.8. The quantitative estimate of drug-likeness (QED) is 0.896. The molecule has 2 atom stereocenters. The average Bonchev–Trinajstić information content (AvgIpc) is 3.06. The molecule has 0 radical (unpaired) electrons. The van der Waals surface area contributed by atoms with Crippen LogP contribution in [-0.4, -0.2) is 23.2 Å². The zero-order valence-corrected chi connectivity index (χ0v) is 12.8. The fourth-order valence-electron chi connectivity index (χ4n) is 3.09. The summed E-state index contributed by atoms with van der Waals surface area (Å²) in [5.41, 5.74) is 1.65. The molecule has 1 aromatic rings. The molecule has 118 valence electrons. The maximum absolute atomic E-state index is 12.0. The Hall–Kier alpha value is -1.81. The SMILES string of the molecule is O=C(Nc1ccc(OC2CCCCC2O)cc1)C1=CCCC1. The van der Waals surface area contributed by atoms with Crippen LogP contribution in [0.25, 0.3) is 0 Å². The van der Waals surface area contributed by atoms with Gasteiger partial charge in [-0.2, -0.15) is 0 Å². The molecule has 1 aromatic carbocycles. The van der Waals surface area contributed by atoms with E-state index in [1.54, 1.807) is 0 Å². The monoisotopic (exact) mass is 301 g/mol. The average molecular weight is 301 g/mol. The minimum absolute atomic E-state index is 0.00567. The van der Waals surface area contributed by atoms with E-state index in [0.29, 0.717) is 0 Å². The van der Waals surface area contributed by atoms with E-state index in [9.17, 15) is 9.90 Å². The Morgan fingerprint density at radius 2 is 1.91 bits per heavy atom. The normalized spacial score (nSPS) is 24.7. The molecular formula is C18H23NO3. The van der Waals surface area contributed by atoms with Crippen molar-refractivity contribution in [1.82, 2.24) is 0 Å². The number of nitrogens with one attached hydrogen (secondary N) is 1. The Morgan fingerprint density at radius 3 is 2.59 bits per heavy atom. The molecule has 1 amide bonds. The number of aliphatic hydroxyl groups excluding tert-OH is 1. The lowest BCUT2D eigenvalue weighted by molar-refractivity contribution is -0.112. The number of ether oxygens (including phenoxy) is 1. The second-order valence-electron chi connectivity index (χ2n) is 6.11. The highest BCUT2D eigenvalue weighted by Gasteiger charge is 2.24. The van der Waals surface area contributed by atoms with Crippen molar-refractivity contribution in [1.29, 1.82) is 0 Å². The maximum atomic E-state index is 12.0. The van der Waals surface area contributed by atoms with Gasteiger partial charge in [-0.25, -0.2) is 0 Å². The van der Waals surface area contributed by atoms with Crippen molar-refractivity contribution in [2.75, 3.05) is 5.32 Å². The van der Waals surface area contributed by atoms with Gasteiger partial charge in [-0.15, -0.1) is 0 Å². The van der Waals surface area contributed by atoms with Crippen molar-refractivity contribution < 1.29 is 14.6 Å². The van der Waals surface area contributed by atoms with Crippen LogP contribution in [0.2, 0.25) is 0 Å². The summed E-state index contributed by atoms with van der Waals surface area (Å²) in [7, 11) is 0. The predicted octanol–water partition coefficient (Wildman–Crippen LogP) is 3.42. The van der Waals surface area contributed by atoms with Crippen LogP contribution in [0.1, 0.15) is 44.9 Å². The third-order valence-electron chi connectivity index (χ3n) is 4.40. The van der Waals surface area contributed by atoms with Crippen LogP contribution in [0.3, 0.4) is 0 Å². The number of rotatable bonds is 4. The number of carbonyl (C=O) groups is 1. The zero-order chi connectivity index (χ0) is 15.4. The van der Waals surface area contributed by atoms with E-state index < -0.39 is 0 Å². The van der Waals surface area contributed by atoms with E-state index in [4.69, 9.17) is 4.74 Å². The molecule has 3 rings (SSSR count). The molecule has 1 fully saturated rings. The van der Waals surface area contributed by atoms with Gasteiger partial charge in [0, 0.05) is 11.3 Å². The lowest BCUT2D eigenvalue weighted by atomic mass is 9.95. The molecule has 0 heterocycles. The summed E-state index contributed by atoms with van der Waals surface area (Å²) in [6.07, 6.45) is 8.34. The molecule has 0 aliphatic heterocycles. The van der Waals surface area contributed by atoms with Crippen LogP contribution in [0.15, 0.2) is 35.9 Å². The highest BCUT2D eigenvalue weighted by molar-refractivity contribution is 6.03. The summed E-state index contributed by atoms with van der Waals surface area (Å²) in [4.78, 5) is 12.0. The van der Waals surface area contributed by atoms with Gasteiger partial charge in [-0.3, -0.25) is 4.79 Å². The van der Waals surface area contributed by atoms with Gasteiger partial charge >= 0.3 is 0 Å². The Labute approximate surface area is 131 Å². The van der Waals surface area contributed by atoms with Gasteiger partial charge in [-0.05, 0) is 62.8 Å². The Balaban J connectivity index is 1.56. The molecule has 2 unspecified atom stereocenters. The minimum Gasteiger partial charge on any atom is -0.488 e. The standard InChI is InChI=1S/C18H23NO3/c20-16-7-3-4-8-17(16)22-15-11-9-14(10-12-15)19-18(21)13-5-1-2-6-13/h5,9-12,16-17,20H,1-4,6-8H2,(H,19,21). The van der Waals surface area contributed by atoms with Crippen LogP contribution >= 0.6 is 0 Å². The first-order chi connectivity index (χ1) is 10.7. The van der Waals surface area contributed by atoms with Crippen molar-refractivity contribution in [3.63, 3.8) is 0 Å². The largest absolute Gasteiger partial charge is 0.488 e. The van der Waals surface area contributed by atoms with Crippen molar-refractivity contribution in [2.45, 2.75) is 57.2 Å². The molecule has 1 saturated carbocycles. The van der Waals surface area contributed by atoms with E-state index in [1.165, 1.54) is 0 Å². The summed E-state index contributed by atoms with van der Waals surface area (Å²) < 4.78 is 5.85. The number of benzene rings is 1. The number of allylic oxidation sites excluding steroid dienone is 1. The summed E-state index contributed by atoms with van der Waals surface area (Å²) in [5, 5.41) is 12.8. The molecule has 0 aromatic heterocycles. The molecule has 0 bridgehead atoms. The smallest absolute Gasteiger partial charge is 0.251 e. The fourth-order valence-corrected chi connectivity index (χ4v) is 3.09. The Kier molecular flexibility index (Phi) is 4.78. The number of amides is 1. The van der Waals surface area contributed by atoms with Crippen molar-refractivity contribution in [2.24, 2.45) is 0 Å². The van der Waals surface area contributed by atoms with Crippen LogP contribution < -0.4 is 10.1 Å². The van der Waals surface area contributed by atoms with Gasteiger partial charge in [0.05, 0.1) is 6.10 Å². The maximum Gasteiger partial charge on any atom is 0.251 e. The van der Waals surface area contributed by atoms with Crippen molar-refractivity contribution >= 4 is 11.6 Å². The van der Waals surface area contributed by atoms with Gasteiger partial charge in [-0.1, -0.05) is 12.5 Å². The van der Waals surface area contributed by atoms with Gasteiger partial charge in [0.2, 0.25) is 0 Å². The highest BCUT2D eigenvalue weighted by Crippen LogP contribution is 2.25. The molecule has 4 heteroatoms. The molecule has 4 nitrogen and oxygen atoms in total. The summed E-state index contributed by atoms with van der Waals surface area (Å²) in [6, 6.07) is 7.38. The number of carbonyl (C=O) groups excluding carboxylic acids is 1. The molecule has 0 saturated heterocycles. The Morgan fingerprint density at radius 1 is 1.14 bits per heavy atom. The number of aliphatic hydroxyl groups is 1. The third kappa shape index (κ3) is 3.69. The van der Waals surface area contributed by atoms with Crippen LogP contribution in [0.4, 0.5) is 5.69 Å². The minimum atomic E-state index is -0.373. The third-order valence-corrected chi connectivity index (χ3v) is 4.40. The predicted molar refractivity (Wildman–Crippen MR) is 85.9 cm³/mol. The van der Waals surface area contributed by atoms with Gasteiger partial charge in [0.25, 0.3) is 5.91 Å². The topological polar surface area (TPSA) is 58.6 Å². The van der Waals surface area contributed by atoms with Crippen LogP contribution in [-0.2, 0) is 4.79 Å². The molecule has 0 spiro atoms. The lowest BCUT2D eigenvalue weighted by Gasteiger charge is -2.28. The van der Waals surface area contributed by atoms with E-state index >= 15 is 0 Å². The Bertz CT molecular complexity index is 550. The van der Waals surface area contributed by atoms with E-state index in [2.05, 4.69) is 5.32 Å². The highest BCUT2D eigenvalue weighted by atomic mass is 16.5. The molecule has 22 heavy (non-hydrogen) atoms. The first-order valence-corrected chi connectivity index (χ1v) is 8.17. The second kappa shape index (κ2) is 6.97. The van der Waals surface area contributed by atoms with Crippen LogP contribution in [0, 0.1) is 0 Å². The van der Waals surface area contributed by atoms with Gasteiger partial charge < -0.3 is 15.2 Å². The lowest BCUT2D eigenvalue weighted by Crippen LogP contribution is -2.34. The van der Waals surface area contributed by atoms with E-state index in [0.717, 1.165) is 62.0 Å².